The quantitative estimate of drug-likeness (QED) is 0.428. The normalized spacial score (nSPS) is 11.6. The fourth-order valence-electron chi connectivity index (χ4n) is 2.29. The van der Waals surface area contributed by atoms with Gasteiger partial charge in [0.25, 0.3) is 5.56 Å². The third-order valence-electron chi connectivity index (χ3n) is 3.54. The highest BCUT2D eigenvalue weighted by Gasteiger charge is 2.32. The van der Waals surface area contributed by atoms with E-state index in [1.54, 1.807) is 25.5 Å². The lowest BCUT2D eigenvalue weighted by Crippen LogP contribution is -2.30. The SMILES string of the molecule is CCOC(=O)C(C)(C)Sc1nc2c(cnn2-c2ccccc2)c(=O)[nH]1. The van der Waals surface area contributed by atoms with Crippen molar-refractivity contribution >= 4 is 28.8 Å². The Balaban J connectivity index is 2.04. The van der Waals surface area contributed by atoms with Crippen LogP contribution < -0.4 is 5.56 Å². The van der Waals surface area contributed by atoms with Gasteiger partial charge in [-0.25, -0.2) is 9.67 Å². The van der Waals surface area contributed by atoms with Gasteiger partial charge in [0.1, 0.15) is 10.1 Å². The van der Waals surface area contributed by atoms with Crippen LogP contribution in [0.25, 0.3) is 16.7 Å². The Bertz CT molecular complexity index is 963. The molecule has 0 saturated carbocycles. The molecular weight excluding hydrogens is 340 g/mol. The first-order valence-corrected chi connectivity index (χ1v) is 8.63. The van der Waals surface area contributed by atoms with Crippen molar-refractivity contribution in [1.82, 2.24) is 19.7 Å². The van der Waals surface area contributed by atoms with E-state index in [-0.39, 0.29) is 11.5 Å². The Labute approximate surface area is 148 Å². The van der Waals surface area contributed by atoms with Gasteiger partial charge in [-0.05, 0) is 32.9 Å². The summed E-state index contributed by atoms with van der Waals surface area (Å²) in [4.78, 5) is 31.6. The number of carbonyl (C=O) groups is 1. The number of aromatic amines is 1. The average molecular weight is 358 g/mol. The Morgan fingerprint density at radius 1 is 1.32 bits per heavy atom. The first-order chi connectivity index (χ1) is 11.9. The van der Waals surface area contributed by atoms with Crippen LogP contribution >= 0.6 is 11.8 Å². The van der Waals surface area contributed by atoms with Gasteiger partial charge in [-0.1, -0.05) is 30.0 Å². The van der Waals surface area contributed by atoms with E-state index in [1.807, 2.05) is 30.3 Å². The minimum Gasteiger partial charge on any atom is -0.465 e. The average Bonchev–Trinajstić information content (AvgIpc) is 3.00. The topological polar surface area (TPSA) is 89.9 Å². The maximum absolute atomic E-state index is 12.3. The van der Waals surface area contributed by atoms with Crippen LogP contribution in [-0.4, -0.2) is 37.1 Å². The first-order valence-electron chi connectivity index (χ1n) is 7.82. The highest BCUT2D eigenvalue weighted by atomic mass is 32.2. The van der Waals surface area contributed by atoms with E-state index in [2.05, 4.69) is 15.1 Å². The number of thioether (sulfide) groups is 1. The van der Waals surface area contributed by atoms with Crippen LogP contribution in [0.3, 0.4) is 0 Å². The van der Waals surface area contributed by atoms with Crippen LogP contribution in [0.15, 0.2) is 46.5 Å². The van der Waals surface area contributed by atoms with Crippen LogP contribution in [0.2, 0.25) is 0 Å². The van der Waals surface area contributed by atoms with Crippen molar-refractivity contribution in [3.05, 3.63) is 46.9 Å². The third-order valence-corrected chi connectivity index (χ3v) is 4.60. The lowest BCUT2D eigenvalue weighted by Gasteiger charge is -2.20. The van der Waals surface area contributed by atoms with Crippen molar-refractivity contribution in [1.29, 1.82) is 0 Å². The van der Waals surface area contributed by atoms with Crippen molar-refractivity contribution in [3.8, 4) is 5.69 Å². The number of aromatic nitrogens is 4. The van der Waals surface area contributed by atoms with Gasteiger partial charge >= 0.3 is 5.97 Å². The number of para-hydroxylation sites is 1. The molecular formula is C17H18N4O3S. The number of H-pyrrole nitrogens is 1. The van der Waals surface area contributed by atoms with Gasteiger partial charge < -0.3 is 9.72 Å². The van der Waals surface area contributed by atoms with Crippen molar-refractivity contribution in [2.75, 3.05) is 6.61 Å². The molecule has 0 fully saturated rings. The van der Waals surface area contributed by atoms with Crippen molar-refractivity contribution < 1.29 is 9.53 Å². The summed E-state index contributed by atoms with van der Waals surface area (Å²) in [5.41, 5.74) is 0.947. The minimum absolute atomic E-state index is 0.297. The summed E-state index contributed by atoms with van der Waals surface area (Å²) in [6.45, 7) is 5.51. The molecule has 0 unspecified atom stereocenters. The predicted molar refractivity (Wildman–Crippen MR) is 96.1 cm³/mol. The molecule has 0 spiro atoms. The number of hydrogen-bond donors (Lipinski definition) is 1. The fraction of sp³-hybridized carbons (Fsp3) is 0.294. The Kier molecular flexibility index (Phi) is 4.63. The molecule has 1 N–H and O–H groups in total. The molecule has 7 nitrogen and oxygen atoms in total. The molecule has 0 bridgehead atoms. The van der Waals surface area contributed by atoms with E-state index >= 15 is 0 Å². The second-order valence-electron chi connectivity index (χ2n) is 5.83. The van der Waals surface area contributed by atoms with Gasteiger partial charge in [0.2, 0.25) is 0 Å². The third kappa shape index (κ3) is 3.43. The lowest BCUT2D eigenvalue weighted by atomic mass is 10.2. The van der Waals surface area contributed by atoms with E-state index in [9.17, 15) is 9.59 Å². The highest BCUT2D eigenvalue weighted by molar-refractivity contribution is 8.01. The van der Waals surface area contributed by atoms with Crippen LogP contribution in [0, 0.1) is 0 Å². The van der Waals surface area contributed by atoms with Gasteiger partial charge in [0.15, 0.2) is 10.8 Å². The molecule has 25 heavy (non-hydrogen) atoms. The van der Waals surface area contributed by atoms with Crippen molar-refractivity contribution in [2.24, 2.45) is 0 Å². The van der Waals surface area contributed by atoms with Crippen LogP contribution in [-0.2, 0) is 9.53 Å². The molecule has 1 aromatic carbocycles. The van der Waals surface area contributed by atoms with E-state index in [0.717, 1.165) is 17.4 Å². The minimum atomic E-state index is -0.878. The summed E-state index contributed by atoms with van der Waals surface area (Å²) in [5, 5.41) is 4.99. The van der Waals surface area contributed by atoms with Crippen molar-refractivity contribution in [3.63, 3.8) is 0 Å². The number of rotatable bonds is 5. The van der Waals surface area contributed by atoms with Gasteiger partial charge in [0, 0.05) is 0 Å². The molecule has 8 heteroatoms. The summed E-state index contributed by atoms with van der Waals surface area (Å²) >= 11 is 1.15. The van der Waals surface area contributed by atoms with E-state index in [0.29, 0.717) is 22.8 Å². The summed E-state index contributed by atoms with van der Waals surface area (Å²) in [6.07, 6.45) is 1.49. The van der Waals surface area contributed by atoms with Gasteiger partial charge in [0.05, 0.1) is 18.5 Å². The number of esters is 1. The first kappa shape index (κ1) is 17.2. The van der Waals surface area contributed by atoms with Gasteiger partial charge in [-0.3, -0.25) is 9.59 Å². The fourth-order valence-corrected chi connectivity index (χ4v) is 3.19. The molecule has 3 rings (SSSR count). The summed E-state index contributed by atoms with van der Waals surface area (Å²) in [6, 6.07) is 9.43. The lowest BCUT2D eigenvalue weighted by molar-refractivity contribution is -0.145. The predicted octanol–water partition coefficient (Wildman–Crippen LogP) is 2.54. The Morgan fingerprint density at radius 2 is 2.04 bits per heavy atom. The van der Waals surface area contributed by atoms with E-state index in [1.165, 1.54) is 6.20 Å². The number of nitrogens with zero attached hydrogens (tertiary/aromatic N) is 3. The maximum atomic E-state index is 12.3. The summed E-state index contributed by atoms with van der Waals surface area (Å²) < 4.78 is 5.80. The highest BCUT2D eigenvalue weighted by Crippen LogP contribution is 2.31. The number of nitrogens with one attached hydrogen (secondary N) is 1. The van der Waals surface area contributed by atoms with Gasteiger partial charge in [-0.15, -0.1) is 0 Å². The summed E-state index contributed by atoms with van der Waals surface area (Å²) in [5.74, 6) is -0.362. The molecule has 0 atom stereocenters. The standard InChI is InChI=1S/C17H18N4O3S/c1-4-24-15(23)17(2,3)25-16-19-13-12(14(22)20-16)10-18-21(13)11-8-6-5-7-9-11/h5-10H,4H2,1-3H3,(H,19,20,22). The van der Waals surface area contributed by atoms with E-state index in [4.69, 9.17) is 4.74 Å². The number of benzene rings is 1. The number of carbonyl (C=O) groups excluding carboxylic acids is 1. The molecule has 3 aromatic rings. The smallest absolute Gasteiger partial charge is 0.322 e. The molecule has 2 heterocycles. The number of hydrogen-bond acceptors (Lipinski definition) is 6. The monoisotopic (exact) mass is 358 g/mol. The molecule has 0 radical (unpaired) electrons. The number of fused-ring (bicyclic) bond motifs is 1. The maximum Gasteiger partial charge on any atom is 0.322 e. The zero-order valence-electron chi connectivity index (χ0n) is 14.1. The van der Waals surface area contributed by atoms with E-state index < -0.39 is 4.75 Å². The van der Waals surface area contributed by atoms with Crippen LogP contribution in [0.5, 0.6) is 0 Å². The zero-order chi connectivity index (χ0) is 18.0. The molecule has 0 aliphatic carbocycles. The second-order valence-corrected chi connectivity index (χ2v) is 7.44. The largest absolute Gasteiger partial charge is 0.465 e. The zero-order valence-corrected chi connectivity index (χ0v) is 15.0. The molecule has 0 amide bonds. The Morgan fingerprint density at radius 3 is 2.72 bits per heavy atom. The second kappa shape index (κ2) is 6.72. The Hall–Kier alpha value is -2.61. The van der Waals surface area contributed by atoms with Gasteiger partial charge in [-0.2, -0.15) is 5.10 Å². The molecule has 0 saturated heterocycles. The van der Waals surface area contributed by atoms with Crippen molar-refractivity contribution in [2.45, 2.75) is 30.7 Å². The van der Waals surface area contributed by atoms with Crippen LogP contribution in [0.4, 0.5) is 0 Å². The molecule has 130 valence electrons. The van der Waals surface area contributed by atoms with Crippen LogP contribution in [0.1, 0.15) is 20.8 Å². The molecule has 0 aliphatic heterocycles. The number of ether oxygens (including phenoxy) is 1. The summed E-state index contributed by atoms with van der Waals surface area (Å²) in [7, 11) is 0. The molecule has 0 aliphatic rings. The molecule has 2 aromatic heterocycles.